The standard InChI is InChI=1S/C14H18FN/c1-2-13(16)14-6-5-9-7-10(15)3-4-11(9)12(14)8-14/h3-4,7,12-13H,2,5-6,8,16H2,1H3. The molecule has 0 spiro atoms. The maximum atomic E-state index is 13.1. The Kier molecular flexibility index (Phi) is 2.12. The van der Waals surface area contributed by atoms with Gasteiger partial charge in [0, 0.05) is 6.04 Å². The van der Waals surface area contributed by atoms with Gasteiger partial charge in [-0.05, 0) is 60.3 Å². The summed E-state index contributed by atoms with van der Waals surface area (Å²) in [6.45, 7) is 2.16. The summed E-state index contributed by atoms with van der Waals surface area (Å²) in [5, 5.41) is 0. The second-order valence-electron chi connectivity index (χ2n) is 5.35. The van der Waals surface area contributed by atoms with Crippen LogP contribution in [-0.4, -0.2) is 6.04 Å². The summed E-state index contributed by atoms with van der Waals surface area (Å²) in [7, 11) is 0. The smallest absolute Gasteiger partial charge is 0.123 e. The normalized spacial score (nSPS) is 32.8. The SMILES string of the molecule is CCC(N)C12CCc3cc(F)ccc3C1C2. The second-order valence-corrected chi connectivity index (χ2v) is 5.35. The number of fused-ring (bicyclic) bond motifs is 3. The van der Waals surface area contributed by atoms with Crippen LogP contribution < -0.4 is 5.73 Å². The molecule has 0 bridgehead atoms. The van der Waals surface area contributed by atoms with Crippen LogP contribution in [0.3, 0.4) is 0 Å². The van der Waals surface area contributed by atoms with E-state index in [0.29, 0.717) is 17.4 Å². The lowest BCUT2D eigenvalue weighted by Crippen LogP contribution is -2.34. The van der Waals surface area contributed by atoms with Crippen LogP contribution in [0.4, 0.5) is 4.39 Å². The molecule has 1 saturated carbocycles. The fourth-order valence-corrected chi connectivity index (χ4v) is 3.52. The molecular formula is C14H18FN. The third-order valence-electron chi connectivity index (χ3n) is 4.64. The van der Waals surface area contributed by atoms with E-state index in [1.165, 1.54) is 17.5 Å². The molecule has 2 aliphatic carbocycles. The van der Waals surface area contributed by atoms with E-state index < -0.39 is 0 Å². The maximum Gasteiger partial charge on any atom is 0.123 e. The first kappa shape index (κ1) is 10.3. The number of halogens is 1. The zero-order chi connectivity index (χ0) is 11.3. The Bertz CT molecular complexity index is 429. The number of aryl methyl sites for hydroxylation is 1. The molecule has 0 aromatic heterocycles. The van der Waals surface area contributed by atoms with Crippen molar-refractivity contribution < 1.29 is 4.39 Å². The number of nitrogens with two attached hydrogens (primary N) is 1. The highest BCUT2D eigenvalue weighted by Gasteiger charge is 2.59. The van der Waals surface area contributed by atoms with E-state index in [1.807, 2.05) is 6.07 Å². The van der Waals surface area contributed by atoms with E-state index in [9.17, 15) is 4.39 Å². The van der Waals surface area contributed by atoms with Crippen LogP contribution in [0.25, 0.3) is 0 Å². The monoisotopic (exact) mass is 219 g/mol. The number of benzene rings is 1. The molecule has 0 radical (unpaired) electrons. The summed E-state index contributed by atoms with van der Waals surface area (Å²) in [4.78, 5) is 0. The van der Waals surface area contributed by atoms with Gasteiger partial charge in [-0.3, -0.25) is 0 Å². The minimum Gasteiger partial charge on any atom is -0.327 e. The maximum absolute atomic E-state index is 13.1. The molecule has 3 unspecified atom stereocenters. The van der Waals surface area contributed by atoms with Gasteiger partial charge in [-0.25, -0.2) is 4.39 Å². The largest absolute Gasteiger partial charge is 0.327 e. The van der Waals surface area contributed by atoms with E-state index in [1.54, 1.807) is 12.1 Å². The highest BCUT2D eigenvalue weighted by atomic mass is 19.1. The molecule has 0 heterocycles. The van der Waals surface area contributed by atoms with Crippen molar-refractivity contribution >= 4 is 0 Å². The van der Waals surface area contributed by atoms with Gasteiger partial charge in [-0.15, -0.1) is 0 Å². The van der Waals surface area contributed by atoms with Gasteiger partial charge in [0.25, 0.3) is 0 Å². The fourth-order valence-electron chi connectivity index (χ4n) is 3.52. The van der Waals surface area contributed by atoms with Crippen molar-refractivity contribution in [1.82, 2.24) is 0 Å². The van der Waals surface area contributed by atoms with Gasteiger partial charge in [0.2, 0.25) is 0 Å². The van der Waals surface area contributed by atoms with Crippen molar-refractivity contribution in [3.05, 3.63) is 35.1 Å². The molecule has 0 saturated heterocycles. The Morgan fingerprint density at radius 2 is 2.38 bits per heavy atom. The minimum absolute atomic E-state index is 0.105. The van der Waals surface area contributed by atoms with Crippen LogP contribution in [0.5, 0.6) is 0 Å². The molecule has 3 rings (SSSR count). The molecule has 2 aliphatic rings. The lowest BCUT2D eigenvalue weighted by molar-refractivity contribution is 0.338. The Hall–Kier alpha value is -0.890. The Balaban J connectivity index is 1.95. The summed E-state index contributed by atoms with van der Waals surface area (Å²) < 4.78 is 13.1. The number of hydrogen-bond donors (Lipinski definition) is 1. The Morgan fingerprint density at radius 3 is 3.12 bits per heavy atom. The summed E-state index contributed by atoms with van der Waals surface area (Å²) in [6, 6.07) is 5.58. The first-order valence-corrected chi connectivity index (χ1v) is 6.21. The fraction of sp³-hybridized carbons (Fsp3) is 0.571. The third-order valence-corrected chi connectivity index (χ3v) is 4.64. The molecule has 0 amide bonds. The summed E-state index contributed by atoms with van der Waals surface area (Å²) in [6.07, 6.45) is 4.40. The van der Waals surface area contributed by atoms with Gasteiger partial charge >= 0.3 is 0 Å². The molecule has 0 aliphatic heterocycles. The molecule has 16 heavy (non-hydrogen) atoms. The van der Waals surface area contributed by atoms with Crippen LogP contribution in [0, 0.1) is 11.2 Å². The van der Waals surface area contributed by atoms with E-state index in [0.717, 1.165) is 19.3 Å². The topological polar surface area (TPSA) is 26.0 Å². The van der Waals surface area contributed by atoms with Crippen LogP contribution in [0.1, 0.15) is 43.2 Å². The van der Waals surface area contributed by atoms with E-state index >= 15 is 0 Å². The van der Waals surface area contributed by atoms with Crippen molar-refractivity contribution in [3.63, 3.8) is 0 Å². The summed E-state index contributed by atoms with van der Waals surface area (Å²) >= 11 is 0. The molecular weight excluding hydrogens is 201 g/mol. The minimum atomic E-state index is -0.105. The Labute approximate surface area is 95.8 Å². The lowest BCUT2D eigenvalue weighted by atomic mass is 9.79. The van der Waals surface area contributed by atoms with Crippen molar-refractivity contribution in [2.45, 2.75) is 44.6 Å². The zero-order valence-corrected chi connectivity index (χ0v) is 9.67. The first-order valence-electron chi connectivity index (χ1n) is 6.21. The van der Waals surface area contributed by atoms with Crippen LogP contribution in [-0.2, 0) is 6.42 Å². The molecule has 1 nitrogen and oxygen atoms in total. The van der Waals surface area contributed by atoms with Crippen LogP contribution >= 0.6 is 0 Å². The number of hydrogen-bond acceptors (Lipinski definition) is 1. The highest BCUT2D eigenvalue weighted by molar-refractivity contribution is 5.42. The summed E-state index contributed by atoms with van der Waals surface area (Å²) in [5.41, 5.74) is 9.15. The summed E-state index contributed by atoms with van der Waals surface area (Å²) in [5.74, 6) is 0.499. The van der Waals surface area contributed by atoms with Gasteiger partial charge in [-0.1, -0.05) is 13.0 Å². The van der Waals surface area contributed by atoms with E-state index in [2.05, 4.69) is 6.92 Å². The van der Waals surface area contributed by atoms with Gasteiger partial charge in [0.15, 0.2) is 0 Å². The van der Waals surface area contributed by atoms with Crippen LogP contribution in [0.15, 0.2) is 18.2 Å². The molecule has 1 aromatic carbocycles. The van der Waals surface area contributed by atoms with E-state index in [-0.39, 0.29) is 5.82 Å². The molecule has 2 heteroatoms. The second kappa shape index (κ2) is 3.30. The van der Waals surface area contributed by atoms with Gasteiger partial charge < -0.3 is 5.73 Å². The predicted molar refractivity (Wildman–Crippen MR) is 62.8 cm³/mol. The average Bonchev–Trinajstić information content (AvgIpc) is 3.03. The highest BCUT2D eigenvalue weighted by Crippen LogP contribution is 2.66. The molecule has 1 fully saturated rings. The van der Waals surface area contributed by atoms with Gasteiger partial charge in [0.05, 0.1) is 0 Å². The van der Waals surface area contributed by atoms with Crippen molar-refractivity contribution in [2.75, 3.05) is 0 Å². The Morgan fingerprint density at radius 1 is 1.56 bits per heavy atom. The molecule has 2 N–H and O–H groups in total. The van der Waals surface area contributed by atoms with Crippen molar-refractivity contribution in [3.8, 4) is 0 Å². The van der Waals surface area contributed by atoms with E-state index in [4.69, 9.17) is 5.73 Å². The molecule has 3 atom stereocenters. The quantitative estimate of drug-likeness (QED) is 0.813. The molecule has 1 aromatic rings. The average molecular weight is 219 g/mol. The van der Waals surface area contributed by atoms with Crippen molar-refractivity contribution in [1.29, 1.82) is 0 Å². The first-order chi connectivity index (χ1) is 7.67. The third kappa shape index (κ3) is 1.26. The zero-order valence-electron chi connectivity index (χ0n) is 9.67. The van der Waals surface area contributed by atoms with Gasteiger partial charge in [-0.2, -0.15) is 0 Å². The van der Waals surface area contributed by atoms with Gasteiger partial charge in [0.1, 0.15) is 5.82 Å². The molecule has 86 valence electrons. The van der Waals surface area contributed by atoms with Crippen molar-refractivity contribution in [2.24, 2.45) is 11.1 Å². The lowest BCUT2D eigenvalue weighted by Gasteiger charge is -2.29. The predicted octanol–water partition coefficient (Wildman–Crippen LogP) is 2.98. The number of rotatable bonds is 2. The van der Waals surface area contributed by atoms with Crippen LogP contribution in [0.2, 0.25) is 0 Å².